The largest absolute Gasteiger partial charge is 0.264 e. The summed E-state index contributed by atoms with van der Waals surface area (Å²) in [6, 6.07) is 13.1. The van der Waals surface area contributed by atoms with Crippen molar-refractivity contribution >= 4 is 34.8 Å². The molecule has 2 unspecified atom stereocenters. The van der Waals surface area contributed by atoms with Crippen molar-refractivity contribution in [1.29, 1.82) is 0 Å². The highest BCUT2D eigenvalue weighted by Crippen LogP contribution is 2.46. The number of pyridine rings is 1. The minimum Gasteiger partial charge on any atom is -0.264 e. The lowest BCUT2D eigenvalue weighted by Gasteiger charge is -2.32. The van der Waals surface area contributed by atoms with Crippen molar-refractivity contribution in [3.8, 4) is 12.3 Å². The van der Waals surface area contributed by atoms with Gasteiger partial charge in [-0.05, 0) is 11.6 Å². The Morgan fingerprint density at radius 1 is 1.10 bits per heavy atom. The van der Waals surface area contributed by atoms with Crippen LogP contribution >= 0.6 is 34.8 Å². The van der Waals surface area contributed by atoms with Gasteiger partial charge in [0.2, 0.25) is 0 Å². The fourth-order valence-corrected chi connectivity index (χ4v) is 3.30. The van der Waals surface area contributed by atoms with Crippen LogP contribution < -0.4 is 0 Å². The third kappa shape index (κ3) is 2.94. The van der Waals surface area contributed by atoms with E-state index in [4.69, 9.17) is 41.2 Å². The summed E-state index contributed by atoms with van der Waals surface area (Å²) in [6.07, 6.45) is 8.99. The van der Waals surface area contributed by atoms with Gasteiger partial charge >= 0.3 is 0 Å². The Morgan fingerprint density at radius 3 is 2.30 bits per heavy atom. The number of hydrogen-bond donors (Lipinski definition) is 0. The van der Waals surface area contributed by atoms with Crippen LogP contribution in [0, 0.1) is 12.3 Å². The minimum absolute atomic E-state index is 0.442. The number of benzene rings is 1. The normalized spacial score (nSPS) is 15.3. The summed E-state index contributed by atoms with van der Waals surface area (Å²) < 4.78 is 0. The molecule has 0 aliphatic rings. The topological polar surface area (TPSA) is 12.9 Å². The molecule has 1 aromatic carbocycles. The Labute approximate surface area is 133 Å². The van der Waals surface area contributed by atoms with Crippen LogP contribution in [0.3, 0.4) is 0 Å². The standard InChI is InChI=1S/C16H12Cl3N/c1-2-16(19,13-9-6-10-20-11-13)14(15(17)18)12-7-4-3-5-8-12/h1,3-11,14-15H. The number of aromatic nitrogens is 1. The van der Waals surface area contributed by atoms with Crippen LogP contribution in [0.15, 0.2) is 54.9 Å². The second-order valence-electron chi connectivity index (χ2n) is 4.32. The molecule has 2 rings (SSSR count). The molecule has 0 saturated heterocycles. The van der Waals surface area contributed by atoms with Crippen molar-refractivity contribution in [2.75, 3.05) is 0 Å². The lowest BCUT2D eigenvalue weighted by molar-refractivity contribution is 0.611. The van der Waals surface area contributed by atoms with Crippen LogP contribution in [0.25, 0.3) is 0 Å². The Bertz CT molecular complexity index is 592. The molecular formula is C16H12Cl3N. The van der Waals surface area contributed by atoms with E-state index in [1.807, 2.05) is 36.4 Å². The summed E-state index contributed by atoms with van der Waals surface area (Å²) >= 11 is 19.0. The SMILES string of the molecule is C#CC(Cl)(c1cccnc1)C(c1ccccc1)C(Cl)Cl. The van der Waals surface area contributed by atoms with Gasteiger partial charge in [-0.1, -0.05) is 53.9 Å². The van der Waals surface area contributed by atoms with Crippen molar-refractivity contribution in [3.63, 3.8) is 0 Å². The Hall–Kier alpha value is -1.20. The minimum atomic E-state index is -1.15. The average molecular weight is 325 g/mol. The Balaban J connectivity index is 2.55. The molecule has 0 radical (unpaired) electrons. The fraction of sp³-hybridized carbons (Fsp3) is 0.188. The molecule has 1 heterocycles. The van der Waals surface area contributed by atoms with E-state index in [1.165, 1.54) is 0 Å². The zero-order chi connectivity index (χ0) is 14.6. The van der Waals surface area contributed by atoms with Crippen LogP contribution in [-0.2, 0) is 4.87 Å². The molecule has 0 aliphatic carbocycles. The highest BCUT2D eigenvalue weighted by molar-refractivity contribution is 6.45. The van der Waals surface area contributed by atoms with Gasteiger partial charge in [-0.25, -0.2) is 0 Å². The number of nitrogens with zero attached hydrogens (tertiary/aromatic N) is 1. The molecule has 1 nitrogen and oxygen atoms in total. The molecule has 4 heteroatoms. The van der Waals surface area contributed by atoms with Crippen LogP contribution in [0.5, 0.6) is 0 Å². The zero-order valence-electron chi connectivity index (χ0n) is 10.5. The number of halogens is 3. The quantitative estimate of drug-likeness (QED) is 0.585. The van der Waals surface area contributed by atoms with Gasteiger partial charge in [0.1, 0.15) is 9.71 Å². The molecular weight excluding hydrogens is 313 g/mol. The van der Waals surface area contributed by atoms with Crippen LogP contribution in [-0.4, -0.2) is 9.82 Å². The van der Waals surface area contributed by atoms with E-state index in [-0.39, 0.29) is 0 Å². The zero-order valence-corrected chi connectivity index (χ0v) is 12.8. The first-order valence-corrected chi connectivity index (χ1v) is 7.25. The number of hydrogen-bond acceptors (Lipinski definition) is 1. The van der Waals surface area contributed by atoms with E-state index < -0.39 is 15.6 Å². The summed E-state index contributed by atoms with van der Waals surface area (Å²) in [5, 5.41) is 0. The molecule has 0 saturated carbocycles. The summed E-state index contributed by atoms with van der Waals surface area (Å²) in [5.41, 5.74) is 1.59. The maximum atomic E-state index is 6.70. The lowest BCUT2D eigenvalue weighted by atomic mass is 9.82. The van der Waals surface area contributed by atoms with Crippen LogP contribution in [0.4, 0.5) is 0 Å². The number of rotatable bonds is 4. The summed E-state index contributed by atoms with van der Waals surface area (Å²) in [4.78, 5) is 2.17. The van der Waals surface area contributed by atoms with E-state index in [0.717, 1.165) is 5.56 Å². The maximum absolute atomic E-state index is 6.70. The first-order valence-electron chi connectivity index (χ1n) is 6.00. The van der Waals surface area contributed by atoms with Gasteiger partial charge < -0.3 is 0 Å². The van der Waals surface area contributed by atoms with E-state index in [1.54, 1.807) is 18.5 Å². The van der Waals surface area contributed by atoms with Crippen LogP contribution in [0.1, 0.15) is 17.0 Å². The molecule has 102 valence electrons. The maximum Gasteiger partial charge on any atom is 0.140 e. The van der Waals surface area contributed by atoms with E-state index >= 15 is 0 Å². The predicted octanol–water partition coefficient (Wildman–Crippen LogP) is 4.74. The first kappa shape index (κ1) is 15.2. The van der Waals surface area contributed by atoms with Crippen molar-refractivity contribution in [2.45, 2.75) is 15.6 Å². The van der Waals surface area contributed by atoms with Gasteiger partial charge in [0, 0.05) is 23.9 Å². The van der Waals surface area contributed by atoms with Gasteiger partial charge in [-0.2, -0.15) is 0 Å². The van der Waals surface area contributed by atoms with Crippen molar-refractivity contribution in [1.82, 2.24) is 4.98 Å². The highest BCUT2D eigenvalue weighted by atomic mass is 35.5. The average Bonchev–Trinajstić information content (AvgIpc) is 2.49. The molecule has 0 fully saturated rings. The molecule has 0 spiro atoms. The molecule has 2 atom stereocenters. The Kier molecular flexibility index (Phi) is 4.94. The Morgan fingerprint density at radius 2 is 1.80 bits per heavy atom. The smallest absolute Gasteiger partial charge is 0.140 e. The molecule has 0 aliphatic heterocycles. The predicted molar refractivity (Wildman–Crippen MR) is 85.3 cm³/mol. The van der Waals surface area contributed by atoms with Crippen molar-refractivity contribution < 1.29 is 0 Å². The molecule has 0 amide bonds. The summed E-state index contributed by atoms with van der Waals surface area (Å²) in [6.45, 7) is 0. The fourth-order valence-electron chi connectivity index (χ4n) is 2.14. The second kappa shape index (κ2) is 6.50. The lowest BCUT2D eigenvalue weighted by Crippen LogP contribution is -2.30. The van der Waals surface area contributed by atoms with Crippen LogP contribution in [0.2, 0.25) is 0 Å². The molecule has 2 aromatic rings. The van der Waals surface area contributed by atoms with Gasteiger partial charge in [0.05, 0.1) is 0 Å². The van der Waals surface area contributed by atoms with Gasteiger partial charge in [-0.15, -0.1) is 29.6 Å². The van der Waals surface area contributed by atoms with Gasteiger partial charge in [-0.3, -0.25) is 4.98 Å². The molecule has 0 bridgehead atoms. The second-order valence-corrected chi connectivity index (χ2v) is 6.08. The molecule has 20 heavy (non-hydrogen) atoms. The first-order chi connectivity index (χ1) is 9.59. The van der Waals surface area contributed by atoms with Crippen molar-refractivity contribution in [3.05, 3.63) is 66.0 Å². The molecule has 0 N–H and O–H groups in total. The van der Waals surface area contributed by atoms with Crippen molar-refractivity contribution in [2.24, 2.45) is 0 Å². The van der Waals surface area contributed by atoms with Gasteiger partial charge in [0.15, 0.2) is 0 Å². The van der Waals surface area contributed by atoms with E-state index in [0.29, 0.717) is 5.56 Å². The molecule has 1 aromatic heterocycles. The monoisotopic (exact) mass is 323 g/mol. The highest BCUT2D eigenvalue weighted by Gasteiger charge is 2.42. The summed E-state index contributed by atoms with van der Waals surface area (Å²) in [7, 11) is 0. The third-order valence-corrected chi connectivity index (χ3v) is 4.20. The number of alkyl halides is 3. The third-order valence-electron chi connectivity index (χ3n) is 3.13. The number of terminal acetylenes is 1. The summed E-state index contributed by atoms with van der Waals surface area (Å²) in [5.74, 6) is 2.19. The van der Waals surface area contributed by atoms with E-state index in [9.17, 15) is 0 Å². The van der Waals surface area contributed by atoms with E-state index in [2.05, 4.69) is 10.9 Å². The van der Waals surface area contributed by atoms with Gasteiger partial charge in [0.25, 0.3) is 0 Å².